The van der Waals surface area contributed by atoms with Gasteiger partial charge in [0.05, 0.1) is 19.9 Å². The lowest BCUT2D eigenvalue weighted by Crippen LogP contribution is -2.52. The summed E-state index contributed by atoms with van der Waals surface area (Å²) < 4.78 is 10.8. The molecule has 3 rings (SSSR count). The molecule has 2 aromatic rings. The van der Waals surface area contributed by atoms with Crippen LogP contribution in [0.3, 0.4) is 0 Å². The van der Waals surface area contributed by atoms with Gasteiger partial charge in [0, 0.05) is 38.8 Å². The number of benzene rings is 2. The molecule has 0 atom stereocenters. The molecule has 5 nitrogen and oxygen atoms in total. The molecule has 0 spiro atoms. The smallest absolute Gasteiger partial charge is 0.169 e. The van der Waals surface area contributed by atoms with Crippen molar-refractivity contribution < 1.29 is 9.47 Å². The van der Waals surface area contributed by atoms with Crippen LogP contribution in [0, 0.1) is 0 Å². The molecule has 1 fully saturated rings. The van der Waals surface area contributed by atoms with Crippen molar-refractivity contribution in [2.24, 2.45) is 0 Å². The van der Waals surface area contributed by atoms with Crippen molar-refractivity contribution in [3.05, 3.63) is 54.1 Å². The van der Waals surface area contributed by atoms with Crippen molar-refractivity contribution >= 4 is 23.0 Å². The largest absolute Gasteiger partial charge is 0.497 e. The van der Waals surface area contributed by atoms with Crippen molar-refractivity contribution in [2.45, 2.75) is 6.42 Å². The van der Waals surface area contributed by atoms with Gasteiger partial charge in [-0.1, -0.05) is 30.3 Å². The summed E-state index contributed by atoms with van der Waals surface area (Å²) >= 11 is 5.58. The molecule has 0 amide bonds. The Bertz CT molecular complexity index is 746. The molecule has 27 heavy (non-hydrogen) atoms. The average Bonchev–Trinajstić information content (AvgIpc) is 2.74. The van der Waals surface area contributed by atoms with E-state index in [0.717, 1.165) is 61.4 Å². The molecule has 0 saturated carbocycles. The molecule has 1 aliphatic rings. The van der Waals surface area contributed by atoms with Gasteiger partial charge in [-0.3, -0.25) is 0 Å². The van der Waals surface area contributed by atoms with Crippen molar-refractivity contribution in [1.29, 1.82) is 0 Å². The first-order valence-electron chi connectivity index (χ1n) is 9.25. The number of hydrogen-bond donors (Lipinski definition) is 1. The number of ether oxygens (including phenoxy) is 2. The van der Waals surface area contributed by atoms with E-state index in [1.807, 2.05) is 18.2 Å². The van der Waals surface area contributed by atoms with Crippen molar-refractivity contribution in [3.63, 3.8) is 0 Å². The highest BCUT2D eigenvalue weighted by Crippen LogP contribution is 2.32. The fourth-order valence-electron chi connectivity index (χ4n) is 3.27. The lowest BCUT2D eigenvalue weighted by molar-refractivity contribution is 0.371. The summed E-state index contributed by atoms with van der Waals surface area (Å²) in [5.41, 5.74) is 2.42. The van der Waals surface area contributed by atoms with Crippen LogP contribution in [0.25, 0.3) is 0 Å². The van der Waals surface area contributed by atoms with Gasteiger partial charge in [-0.15, -0.1) is 0 Å². The first-order chi connectivity index (χ1) is 13.2. The first-order valence-corrected chi connectivity index (χ1v) is 9.66. The Morgan fingerprint density at radius 1 is 1.00 bits per heavy atom. The second kappa shape index (κ2) is 9.46. The van der Waals surface area contributed by atoms with Crippen LogP contribution in [0.1, 0.15) is 5.56 Å². The van der Waals surface area contributed by atoms with E-state index in [9.17, 15) is 0 Å². The van der Waals surface area contributed by atoms with Crippen LogP contribution in [-0.4, -0.2) is 57.0 Å². The Hall–Kier alpha value is -2.47. The molecular formula is C21H27N3O2S. The fourth-order valence-corrected chi connectivity index (χ4v) is 3.55. The molecule has 6 heteroatoms. The molecule has 1 saturated heterocycles. The fraction of sp³-hybridized carbons (Fsp3) is 0.381. The first kappa shape index (κ1) is 19.3. The zero-order chi connectivity index (χ0) is 19.1. The Labute approximate surface area is 166 Å². The van der Waals surface area contributed by atoms with Crippen LogP contribution >= 0.6 is 12.2 Å². The number of rotatable bonds is 6. The van der Waals surface area contributed by atoms with Crippen molar-refractivity contribution in [2.75, 3.05) is 51.8 Å². The maximum absolute atomic E-state index is 5.58. The van der Waals surface area contributed by atoms with E-state index in [1.54, 1.807) is 14.2 Å². The van der Waals surface area contributed by atoms with Crippen LogP contribution in [0.5, 0.6) is 11.5 Å². The number of anilines is 1. The number of thiocarbonyl (C=S) groups is 1. The zero-order valence-corrected chi connectivity index (χ0v) is 16.8. The highest BCUT2D eigenvalue weighted by atomic mass is 32.1. The maximum atomic E-state index is 5.58. The number of nitrogens with one attached hydrogen (secondary N) is 1. The zero-order valence-electron chi connectivity index (χ0n) is 16.0. The number of piperazine rings is 1. The molecule has 1 N–H and O–H groups in total. The van der Waals surface area contributed by atoms with Gasteiger partial charge in [0.1, 0.15) is 11.5 Å². The lowest BCUT2D eigenvalue weighted by atomic mass is 10.1. The summed E-state index contributed by atoms with van der Waals surface area (Å²) in [7, 11) is 3.36. The van der Waals surface area contributed by atoms with Crippen LogP contribution in [0.2, 0.25) is 0 Å². The third-order valence-electron chi connectivity index (χ3n) is 4.83. The van der Waals surface area contributed by atoms with Crippen LogP contribution in [0.4, 0.5) is 5.69 Å². The van der Waals surface area contributed by atoms with E-state index in [1.165, 1.54) is 5.56 Å². The molecule has 1 heterocycles. The predicted octanol–water partition coefficient (Wildman–Crippen LogP) is 2.94. The summed E-state index contributed by atoms with van der Waals surface area (Å²) in [5, 5.41) is 4.23. The van der Waals surface area contributed by atoms with E-state index >= 15 is 0 Å². The highest BCUT2D eigenvalue weighted by Gasteiger charge is 2.21. The normalized spacial score (nSPS) is 14.0. The van der Waals surface area contributed by atoms with E-state index < -0.39 is 0 Å². The van der Waals surface area contributed by atoms with Gasteiger partial charge in [0.2, 0.25) is 0 Å². The van der Waals surface area contributed by atoms with Gasteiger partial charge < -0.3 is 24.6 Å². The van der Waals surface area contributed by atoms with Gasteiger partial charge in [-0.2, -0.15) is 0 Å². The minimum Gasteiger partial charge on any atom is -0.497 e. The number of nitrogens with zero attached hydrogens (tertiary/aromatic N) is 2. The molecule has 0 unspecified atom stereocenters. The second-order valence-electron chi connectivity index (χ2n) is 6.48. The van der Waals surface area contributed by atoms with Gasteiger partial charge in [-0.25, -0.2) is 0 Å². The summed E-state index contributed by atoms with van der Waals surface area (Å²) in [4.78, 5) is 4.58. The molecule has 2 aromatic carbocycles. The Balaban J connectivity index is 1.49. The summed E-state index contributed by atoms with van der Waals surface area (Å²) in [6, 6.07) is 16.4. The monoisotopic (exact) mass is 385 g/mol. The third kappa shape index (κ3) is 5.04. The van der Waals surface area contributed by atoms with Gasteiger partial charge >= 0.3 is 0 Å². The van der Waals surface area contributed by atoms with E-state index in [0.29, 0.717) is 0 Å². The SMILES string of the molecule is COc1ccc(N2CCN(C(=S)NCCc3ccccc3)CC2)c(OC)c1. The molecule has 0 bridgehead atoms. The van der Waals surface area contributed by atoms with Crippen LogP contribution in [-0.2, 0) is 6.42 Å². The Morgan fingerprint density at radius 2 is 1.74 bits per heavy atom. The summed E-state index contributed by atoms with van der Waals surface area (Å²) in [6.45, 7) is 4.46. The van der Waals surface area contributed by atoms with Gasteiger partial charge in [-0.05, 0) is 36.3 Å². The molecule has 144 valence electrons. The second-order valence-corrected chi connectivity index (χ2v) is 6.87. The van der Waals surface area contributed by atoms with E-state index in [4.69, 9.17) is 21.7 Å². The van der Waals surface area contributed by atoms with Crippen LogP contribution < -0.4 is 19.7 Å². The van der Waals surface area contributed by atoms with Gasteiger partial charge in [0.25, 0.3) is 0 Å². The van der Waals surface area contributed by atoms with Gasteiger partial charge in [0.15, 0.2) is 5.11 Å². The average molecular weight is 386 g/mol. The number of hydrogen-bond acceptors (Lipinski definition) is 4. The lowest BCUT2D eigenvalue weighted by Gasteiger charge is -2.38. The third-order valence-corrected chi connectivity index (χ3v) is 5.23. The predicted molar refractivity (Wildman–Crippen MR) is 114 cm³/mol. The molecule has 1 aliphatic heterocycles. The Kier molecular flexibility index (Phi) is 6.76. The topological polar surface area (TPSA) is 37.0 Å². The highest BCUT2D eigenvalue weighted by molar-refractivity contribution is 7.80. The summed E-state index contributed by atoms with van der Waals surface area (Å²) in [6.07, 6.45) is 0.976. The van der Waals surface area contributed by atoms with Crippen LogP contribution in [0.15, 0.2) is 48.5 Å². The van der Waals surface area contributed by atoms with Crippen molar-refractivity contribution in [3.8, 4) is 11.5 Å². The van der Waals surface area contributed by atoms with E-state index in [2.05, 4.69) is 45.4 Å². The van der Waals surface area contributed by atoms with E-state index in [-0.39, 0.29) is 0 Å². The molecule has 0 aliphatic carbocycles. The minimum atomic E-state index is 0.804. The molecular weight excluding hydrogens is 358 g/mol. The number of methoxy groups -OCH3 is 2. The van der Waals surface area contributed by atoms with Crippen molar-refractivity contribution in [1.82, 2.24) is 10.2 Å². The summed E-state index contributed by atoms with van der Waals surface area (Å²) in [5.74, 6) is 1.64. The molecule has 0 aromatic heterocycles. The Morgan fingerprint density at radius 3 is 2.41 bits per heavy atom. The minimum absolute atomic E-state index is 0.804. The maximum Gasteiger partial charge on any atom is 0.169 e. The quantitative estimate of drug-likeness (QED) is 0.771. The standard InChI is InChI=1S/C21H27N3O2S/c1-25-18-8-9-19(20(16-18)26-2)23-12-14-24(15-13-23)21(27)22-11-10-17-6-4-3-5-7-17/h3-9,16H,10-15H2,1-2H3,(H,22,27). The molecule has 0 radical (unpaired) electrons.